The van der Waals surface area contributed by atoms with Crippen molar-refractivity contribution in [1.82, 2.24) is 5.32 Å². The Balaban J connectivity index is 1.42. The minimum absolute atomic E-state index is 0.435. The quantitative estimate of drug-likeness (QED) is 0.899. The van der Waals surface area contributed by atoms with Crippen molar-refractivity contribution in [3.8, 4) is 5.75 Å². The van der Waals surface area contributed by atoms with Gasteiger partial charge in [0, 0.05) is 18.5 Å². The van der Waals surface area contributed by atoms with Gasteiger partial charge in [0.1, 0.15) is 5.75 Å². The van der Waals surface area contributed by atoms with Crippen LogP contribution in [0.1, 0.15) is 56.7 Å². The number of rotatable bonds is 4. The molecule has 2 saturated carbocycles. The smallest absolute Gasteiger partial charge is 0.122 e. The summed E-state index contributed by atoms with van der Waals surface area (Å²) in [5, 5.41) is 3.87. The van der Waals surface area contributed by atoms with Gasteiger partial charge in [0.25, 0.3) is 0 Å². The molecule has 2 heteroatoms. The van der Waals surface area contributed by atoms with Gasteiger partial charge in [-0.25, -0.2) is 0 Å². The van der Waals surface area contributed by atoms with Crippen LogP contribution in [0.25, 0.3) is 0 Å². The van der Waals surface area contributed by atoms with Gasteiger partial charge in [-0.2, -0.15) is 0 Å². The predicted octanol–water partition coefficient (Wildman–Crippen LogP) is 4.10. The fourth-order valence-electron chi connectivity index (χ4n) is 5.00. The average molecular weight is 285 g/mol. The average Bonchev–Trinajstić information content (AvgIpc) is 3.21. The Morgan fingerprint density at radius 3 is 2.86 bits per heavy atom. The van der Waals surface area contributed by atoms with E-state index in [0.717, 1.165) is 36.5 Å². The van der Waals surface area contributed by atoms with Crippen molar-refractivity contribution < 1.29 is 4.74 Å². The SMILES string of the molecule is CC(NC(C)C1CC2CCC1C2)c1ccc2c(c1)CCO2. The number of hydrogen-bond donors (Lipinski definition) is 1. The highest BCUT2D eigenvalue weighted by atomic mass is 16.5. The third-order valence-corrected chi connectivity index (χ3v) is 6.16. The first-order chi connectivity index (χ1) is 10.2. The maximum absolute atomic E-state index is 5.61. The molecule has 2 aliphatic carbocycles. The van der Waals surface area contributed by atoms with Gasteiger partial charge in [0.05, 0.1) is 6.61 Å². The van der Waals surface area contributed by atoms with Crippen LogP contribution in [0.5, 0.6) is 5.75 Å². The zero-order valence-electron chi connectivity index (χ0n) is 13.3. The van der Waals surface area contributed by atoms with E-state index in [1.54, 1.807) is 0 Å². The van der Waals surface area contributed by atoms with Gasteiger partial charge in [0.15, 0.2) is 0 Å². The number of hydrogen-bond acceptors (Lipinski definition) is 2. The Labute approximate surface area is 128 Å². The van der Waals surface area contributed by atoms with Gasteiger partial charge in [-0.05, 0) is 68.1 Å². The lowest BCUT2D eigenvalue weighted by molar-refractivity contribution is 0.248. The fraction of sp³-hybridized carbons (Fsp3) is 0.684. The summed E-state index contributed by atoms with van der Waals surface area (Å²) in [7, 11) is 0. The summed E-state index contributed by atoms with van der Waals surface area (Å²) < 4.78 is 5.61. The van der Waals surface area contributed by atoms with Crippen LogP contribution in [0.3, 0.4) is 0 Å². The van der Waals surface area contributed by atoms with E-state index in [4.69, 9.17) is 4.74 Å². The molecule has 1 aromatic rings. The van der Waals surface area contributed by atoms with Crippen LogP contribution < -0.4 is 10.1 Å². The molecule has 5 unspecified atom stereocenters. The lowest BCUT2D eigenvalue weighted by Gasteiger charge is -2.31. The van der Waals surface area contributed by atoms with Crippen LogP contribution in [-0.4, -0.2) is 12.6 Å². The number of fused-ring (bicyclic) bond motifs is 3. The van der Waals surface area contributed by atoms with Gasteiger partial charge in [-0.15, -0.1) is 0 Å². The molecule has 4 rings (SSSR count). The van der Waals surface area contributed by atoms with Gasteiger partial charge in [-0.1, -0.05) is 18.6 Å². The summed E-state index contributed by atoms with van der Waals surface area (Å²) in [5.74, 6) is 4.03. The molecule has 0 aromatic heterocycles. The summed E-state index contributed by atoms with van der Waals surface area (Å²) in [6.07, 6.45) is 7.00. The van der Waals surface area contributed by atoms with Crippen LogP contribution in [0.2, 0.25) is 0 Å². The molecule has 0 radical (unpaired) electrons. The Bertz CT molecular complexity index is 526. The predicted molar refractivity (Wildman–Crippen MR) is 85.6 cm³/mol. The van der Waals surface area contributed by atoms with Gasteiger partial charge < -0.3 is 10.1 Å². The van der Waals surface area contributed by atoms with E-state index in [1.807, 2.05) is 0 Å². The fourth-order valence-corrected chi connectivity index (χ4v) is 5.00. The number of benzene rings is 1. The van der Waals surface area contributed by atoms with E-state index in [2.05, 4.69) is 37.4 Å². The second kappa shape index (κ2) is 5.31. The lowest BCUT2D eigenvalue weighted by Crippen LogP contribution is -2.37. The number of ether oxygens (including phenoxy) is 1. The second-order valence-corrected chi connectivity index (χ2v) is 7.48. The molecule has 21 heavy (non-hydrogen) atoms. The van der Waals surface area contributed by atoms with Crippen LogP contribution in [-0.2, 0) is 6.42 Å². The van der Waals surface area contributed by atoms with Gasteiger partial charge in [-0.3, -0.25) is 0 Å². The van der Waals surface area contributed by atoms with Crippen LogP contribution in [0, 0.1) is 17.8 Å². The molecular weight excluding hydrogens is 258 g/mol. The molecule has 0 saturated heterocycles. The Hall–Kier alpha value is -1.02. The minimum Gasteiger partial charge on any atom is -0.493 e. The zero-order chi connectivity index (χ0) is 14.4. The van der Waals surface area contributed by atoms with Crippen LogP contribution >= 0.6 is 0 Å². The Morgan fingerprint density at radius 1 is 1.19 bits per heavy atom. The van der Waals surface area contributed by atoms with E-state index in [1.165, 1.54) is 36.8 Å². The largest absolute Gasteiger partial charge is 0.493 e. The van der Waals surface area contributed by atoms with E-state index in [9.17, 15) is 0 Å². The van der Waals surface area contributed by atoms with Crippen molar-refractivity contribution in [2.75, 3.05) is 6.61 Å². The van der Waals surface area contributed by atoms with Crippen LogP contribution in [0.15, 0.2) is 18.2 Å². The summed E-state index contributed by atoms with van der Waals surface area (Å²) >= 11 is 0. The molecule has 2 nitrogen and oxygen atoms in total. The summed E-state index contributed by atoms with van der Waals surface area (Å²) in [5.41, 5.74) is 2.79. The third kappa shape index (κ3) is 2.48. The zero-order valence-corrected chi connectivity index (χ0v) is 13.3. The number of nitrogens with one attached hydrogen (secondary N) is 1. The molecule has 1 aliphatic heterocycles. The molecular formula is C19H27NO. The lowest BCUT2D eigenvalue weighted by atomic mass is 9.83. The monoisotopic (exact) mass is 285 g/mol. The van der Waals surface area contributed by atoms with Crippen molar-refractivity contribution in [2.45, 2.75) is 58.0 Å². The molecule has 1 aromatic carbocycles. The van der Waals surface area contributed by atoms with Crippen molar-refractivity contribution in [1.29, 1.82) is 0 Å². The highest BCUT2D eigenvalue weighted by molar-refractivity contribution is 5.40. The minimum atomic E-state index is 0.435. The van der Waals surface area contributed by atoms with Gasteiger partial charge in [0.2, 0.25) is 0 Å². The van der Waals surface area contributed by atoms with Gasteiger partial charge >= 0.3 is 0 Å². The standard InChI is InChI=1S/C19H27NO/c1-12(15-5-6-19-17(11-15)7-8-21-19)20-13(2)18-10-14-3-4-16(18)9-14/h5-6,11-14,16,18,20H,3-4,7-10H2,1-2H3. The molecule has 0 spiro atoms. The van der Waals surface area contributed by atoms with E-state index in [-0.39, 0.29) is 0 Å². The molecule has 1 N–H and O–H groups in total. The topological polar surface area (TPSA) is 21.3 Å². The maximum Gasteiger partial charge on any atom is 0.122 e. The van der Waals surface area contributed by atoms with E-state index in [0.29, 0.717) is 12.1 Å². The van der Waals surface area contributed by atoms with E-state index < -0.39 is 0 Å². The first-order valence-corrected chi connectivity index (χ1v) is 8.72. The molecule has 1 heterocycles. The normalized spacial score (nSPS) is 32.8. The maximum atomic E-state index is 5.61. The summed E-state index contributed by atoms with van der Waals surface area (Å²) in [6.45, 7) is 5.56. The van der Waals surface area contributed by atoms with E-state index >= 15 is 0 Å². The Morgan fingerprint density at radius 2 is 2.10 bits per heavy atom. The summed E-state index contributed by atoms with van der Waals surface area (Å²) in [4.78, 5) is 0. The van der Waals surface area contributed by atoms with Crippen LogP contribution in [0.4, 0.5) is 0 Å². The highest BCUT2D eigenvalue weighted by Gasteiger charge is 2.41. The molecule has 5 atom stereocenters. The van der Waals surface area contributed by atoms with Crippen molar-refractivity contribution in [3.05, 3.63) is 29.3 Å². The van der Waals surface area contributed by atoms with Crippen molar-refractivity contribution >= 4 is 0 Å². The molecule has 2 fully saturated rings. The Kier molecular flexibility index (Phi) is 3.45. The first kappa shape index (κ1) is 13.6. The highest BCUT2D eigenvalue weighted by Crippen LogP contribution is 2.49. The summed E-state index contributed by atoms with van der Waals surface area (Å²) in [6, 6.07) is 7.80. The molecule has 2 bridgehead atoms. The third-order valence-electron chi connectivity index (χ3n) is 6.16. The van der Waals surface area contributed by atoms with Crippen molar-refractivity contribution in [3.63, 3.8) is 0 Å². The van der Waals surface area contributed by atoms with Crippen molar-refractivity contribution in [2.24, 2.45) is 17.8 Å². The molecule has 114 valence electrons. The first-order valence-electron chi connectivity index (χ1n) is 8.72. The second-order valence-electron chi connectivity index (χ2n) is 7.48. The molecule has 3 aliphatic rings. The molecule has 0 amide bonds.